The maximum atomic E-state index is 9.53. The van der Waals surface area contributed by atoms with Gasteiger partial charge in [-0.25, -0.2) is 0 Å². The first-order valence-corrected chi connectivity index (χ1v) is 6.51. The van der Waals surface area contributed by atoms with E-state index in [1.807, 2.05) is 32.2 Å². The van der Waals surface area contributed by atoms with E-state index in [0.29, 0.717) is 6.61 Å². The molecular weight excluding hydrogens is 228 g/mol. The average molecular weight is 250 g/mol. The topological polar surface area (TPSA) is 44.7 Å². The van der Waals surface area contributed by atoms with Gasteiger partial charge in [0.2, 0.25) is 0 Å². The van der Waals surface area contributed by atoms with E-state index in [4.69, 9.17) is 4.74 Å². The van der Waals surface area contributed by atoms with Crippen LogP contribution in [0.25, 0.3) is 0 Å². The molecule has 100 valence electrons. The van der Waals surface area contributed by atoms with Gasteiger partial charge < -0.3 is 20.1 Å². The lowest BCUT2D eigenvalue weighted by molar-refractivity contribution is 0.184. The molecule has 4 heteroatoms. The summed E-state index contributed by atoms with van der Waals surface area (Å²) in [6.07, 6.45) is 0.945. The van der Waals surface area contributed by atoms with Crippen molar-refractivity contribution in [2.24, 2.45) is 0 Å². The summed E-state index contributed by atoms with van der Waals surface area (Å²) in [5, 5.41) is 12.8. The van der Waals surface area contributed by atoms with Gasteiger partial charge in [0, 0.05) is 13.1 Å². The van der Waals surface area contributed by atoms with Gasteiger partial charge in [-0.1, -0.05) is 12.1 Å². The van der Waals surface area contributed by atoms with Crippen LogP contribution in [0.3, 0.4) is 0 Å². The Bertz CT molecular complexity index is 391. The number of aliphatic hydroxyl groups excluding tert-OH is 1. The molecule has 1 atom stereocenters. The molecule has 0 spiro atoms. The molecule has 0 aliphatic carbocycles. The van der Waals surface area contributed by atoms with E-state index in [0.717, 1.165) is 30.9 Å². The smallest absolute Gasteiger partial charge is 0.142 e. The number of anilines is 1. The first-order valence-electron chi connectivity index (χ1n) is 6.51. The van der Waals surface area contributed by atoms with Crippen molar-refractivity contribution in [3.05, 3.63) is 24.3 Å². The van der Waals surface area contributed by atoms with E-state index in [1.54, 1.807) is 0 Å². The quantitative estimate of drug-likeness (QED) is 0.825. The number of rotatable bonds is 5. The first-order chi connectivity index (χ1) is 8.74. The zero-order valence-corrected chi connectivity index (χ0v) is 11.1. The third-order valence-electron chi connectivity index (χ3n) is 3.69. The highest BCUT2D eigenvalue weighted by atomic mass is 16.5. The second kappa shape index (κ2) is 5.59. The van der Waals surface area contributed by atoms with Gasteiger partial charge in [0.15, 0.2) is 0 Å². The highest BCUT2D eigenvalue weighted by Crippen LogP contribution is 2.33. The molecule has 1 heterocycles. The molecule has 1 fully saturated rings. The van der Waals surface area contributed by atoms with Crippen molar-refractivity contribution in [2.45, 2.75) is 18.9 Å². The second-order valence-corrected chi connectivity index (χ2v) is 4.76. The highest BCUT2D eigenvalue weighted by molar-refractivity contribution is 5.59. The SMILES string of the molecule is CCOc1ccccc1N1CCC(CO)(NC)C1. The van der Waals surface area contributed by atoms with E-state index in [-0.39, 0.29) is 12.1 Å². The van der Waals surface area contributed by atoms with Gasteiger partial charge in [-0.05, 0) is 32.5 Å². The van der Waals surface area contributed by atoms with Crippen molar-refractivity contribution in [3.63, 3.8) is 0 Å². The first kappa shape index (κ1) is 13.2. The fraction of sp³-hybridized carbons (Fsp3) is 0.571. The van der Waals surface area contributed by atoms with Gasteiger partial charge in [0.05, 0.1) is 24.4 Å². The predicted molar refractivity (Wildman–Crippen MR) is 73.3 cm³/mol. The van der Waals surface area contributed by atoms with Gasteiger partial charge in [-0.15, -0.1) is 0 Å². The molecule has 1 unspecified atom stereocenters. The molecule has 1 aliphatic rings. The Morgan fingerprint density at radius 1 is 1.44 bits per heavy atom. The molecule has 0 radical (unpaired) electrons. The van der Waals surface area contributed by atoms with Crippen LogP contribution in [0.4, 0.5) is 5.69 Å². The van der Waals surface area contributed by atoms with Crippen molar-refractivity contribution < 1.29 is 9.84 Å². The lowest BCUT2D eigenvalue weighted by atomic mass is 10.0. The molecule has 18 heavy (non-hydrogen) atoms. The number of hydrogen-bond donors (Lipinski definition) is 2. The fourth-order valence-electron chi connectivity index (χ4n) is 2.49. The van der Waals surface area contributed by atoms with E-state index in [9.17, 15) is 5.11 Å². The van der Waals surface area contributed by atoms with Crippen LogP contribution in [-0.2, 0) is 0 Å². The average Bonchev–Trinajstić information content (AvgIpc) is 2.85. The Hall–Kier alpha value is -1.26. The molecule has 0 amide bonds. The summed E-state index contributed by atoms with van der Waals surface area (Å²) in [6, 6.07) is 8.09. The van der Waals surface area contributed by atoms with Crippen LogP contribution in [0, 0.1) is 0 Å². The van der Waals surface area contributed by atoms with Gasteiger partial charge >= 0.3 is 0 Å². The van der Waals surface area contributed by atoms with Crippen LogP contribution in [0.15, 0.2) is 24.3 Å². The molecule has 1 saturated heterocycles. The van der Waals surface area contributed by atoms with Gasteiger partial charge in [-0.2, -0.15) is 0 Å². The summed E-state index contributed by atoms with van der Waals surface area (Å²) in [4.78, 5) is 2.28. The summed E-state index contributed by atoms with van der Waals surface area (Å²) >= 11 is 0. The molecule has 0 bridgehead atoms. The highest BCUT2D eigenvalue weighted by Gasteiger charge is 2.36. The minimum atomic E-state index is -0.181. The summed E-state index contributed by atoms with van der Waals surface area (Å²) in [5.41, 5.74) is 0.934. The molecule has 1 aromatic carbocycles. The van der Waals surface area contributed by atoms with Crippen LogP contribution in [0.2, 0.25) is 0 Å². The summed E-state index contributed by atoms with van der Waals surface area (Å²) in [6.45, 7) is 4.57. The number of para-hydroxylation sites is 2. The van der Waals surface area contributed by atoms with Crippen LogP contribution < -0.4 is 15.0 Å². The summed E-state index contributed by atoms with van der Waals surface area (Å²) in [5.74, 6) is 0.921. The zero-order valence-electron chi connectivity index (χ0n) is 11.1. The minimum absolute atomic E-state index is 0.163. The Kier molecular flexibility index (Phi) is 4.09. The molecule has 1 aliphatic heterocycles. The summed E-state index contributed by atoms with van der Waals surface area (Å²) in [7, 11) is 1.91. The molecular formula is C14H22N2O2. The number of likely N-dealkylation sites (N-methyl/N-ethyl adjacent to an activating group) is 1. The van der Waals surface area contributed by atoms with Gasteiger partial charge in [0.25, 0.3) is 0 Å². The number of nitrogens with zero attached hydrogens (tertiary/aromatic N) is 1. The van der Waals surface area contributed by atoms with E-state index in [2.05, 4.69) is 16.3 Å². The van der Waals surface area contributed by atoms with E-state index in [1.165, 1.54) is 0 Å². The molecule has 4 nitrogen and oxygen atoms in total. The number of aliphatic hydroxyl groups is 1. The van der Waals surface area contributed by atoms with Crippen LogP contribution in [0.1, 0.15) is 13.3 Å². The van der Waals surface area contributed by atoms with E-state index >= 15 is 0 Å². The van der Waals surface area contributed by atoms with Crippen LogP contribution in [0.5, 0.6) is 5.75 Å². The molecule has 2 rings (SSSR count). The second-order valence-electron chi connectivity index (χ2n) is 4.76. The maximum Gasteiger partial charge on any atom is 0.142 e. The Morgan fingerprint density at radius 2 is 2.22 bits per heavy atom. The zero-order chi connectivity index (χ0) is 13.0. The van der Waals surface area contributed by atoms with Crippen molar-refractivity contribution >= 4 is 5.69 Å². The monoisotopic (exact) mass is 250 g/mol. The summed E-state index contributed by atoms with van der Waals surface area (Å²) < 4.78 is 5.66. The van der Waals surface area contributed by atoms with Crippen molar-refractivity contribution in [2.75, 3.05) is 38.3 Å². The van der Waals surface area contributed by atoms with Crippen molar-refractivity contribution in [1.29, 1.82) is 0 Å². The Labute approximate surface area is 109 Å². The maximum absolute atomic E-state index is 9.53. The van der Waals surface area contributed by atoms with Crippen molar-refractivity contribution in [1.82, 2.24) is 5.32 Å². The molecule has 2 N–H and O–H groups in total. The van der Waals surface area contributed by atoms with Gasteiger partial charge in [-0.3, -0.25) is 0 Å². The molecule has 1 aromatic rings. The minimum Gasteiger partial charge on any atom is -0.492 e. The van der Waals surface area contributed by atoms with E-state index < -0.39 is 0 Å². The normalized spacial score (nSPS) is 23.4. The van der Waals surface area contributed by atoms with Crippen molar-refractivity contribution in [3.8, 4) is 5.75 Å². The molecule has 0 saturated carbocycles. The van der Waals surface area contributed by atoms with Gasteiger partial charge in [0.1, 0.15) is 5.75 Å². The third kappa shape index (κ3) is 2.44. The largest absolute Gasteiger partial charge is 0.492 e. The Balaban J connectivity index is 2.18. The lowest BCUT2D eigenvalue weighted by Crippen LogP contribution is -2.48. The predicted octanol–water partition coefficient (Wildman–Crippen LogP) is 1.25. The number of nitrogens with one attached hydrogen (secondary N) is 1. The standard InChI is InChI=1S/C14H22N2O2/c1-3-18-13-7-5-4-6-12(13)16-9-8-14(10-16,11-17)15-2/h4-7,15,17H,3,8-11H2,1-2H3. The number of hydrogen-bond acceptors (Lipinski definition) is 4. The van der Waals surface area contributed by atoms with Crippen LogP contribution >= 0.6 is 0 Å². The number of ether oxygens (including phenoxy) is 1. The van der Waals surface area contributed by atoms with Crippen LogP contribution in [-0.4, -0.2) is 44.0 Å². The third-order valence-corrected chi connectivity index (χ3v) is 3.69. The number of benzene rings is 1. The Morgan fingerprint density at radius 3 is 2.83 bits per heavy atom. The fourth-order valence-corrected chi connectivity index (χ4v) is 2.49. The molecule has 0 aromatic heterocycles. The lowest BCUT2D eigenvalue weighted by Gasteiger charge is -2.28.